The first-order valence-corrected chi connectivity index (χ1v) is 6.16. The Bertz CT molecular complexity index is 512. The van der Waals surface area contributed by atoms with Gasteiger partial charge in [-0.1, -0.05) is 17.8 Å². The van der Waals surface area contributed by atoms with Gasteiger partial charge in [-0.05, 0) is 30.2 Å². The quantitative estimate of drug-likeness (QED) is 0.817. The van der Waals surface area contributed by atoms with E-state index in [1.54, 1.807) is 0 Å². The highest BCUT2D eigenvalue weighted by atomic mass is 32.2. The number of nitrogens with two attached hydrogens (primary N) is 1. The number of aromatic amines is 1. The Hall–Kier alpha value is -1.40. The molecule has 0 amide bonds. The Morgan fingerprint density at radius 3 is 2.76 bits per heavy atom. The SMILES string of the molecule is Cc1nc(SCc2cc(F)cc(CN)c2)n[nH]1. The molecule has 0 atom stereocenters. The summed E-state index contributed by atoms with van der Waals surface area (Å²) in [5.41, 5.74) is 7.18. The predicted molar refractivity (Wildman–Crippen MR) is 65.0 cm³/mol. The molecule has 4 nitrogen and oxygen atoms in total. The van der Waals surface area contributed by atoms with Gasteiger partial charge in [-0.15, -0.1) is 5.10 Å². The van der Waals surface area contributed by atoms with E-state index in [2.05, 4.69) is 15.2 Å². The van der Waals surface area contributed by atoms with E-state index < -0.39 is 0 Å². The molecule has 0 aliphatic carbocycles. The van der Waals surface area contributed by atoms with E-state index in [9.17, 15) is 4.39 Å². The van der Waals surface area contributed by atoms with E-state index >= 15 is 0 Å². The maximum Gasteiger partial charge on any atom is 0.208 e. The lowest BCUT2D eigenvalue weighted by Crippen LogP contribution is -1.98. The second-order valence-electron chi connectivity index (χ2n) is 3.66. The summed E-state index contributed by atoms with van der Waals surface area (Å²) < 4.78 is 13.2. The lowest BCUT2D eigenvalue weighted by molar-refractivity contribution is 0.624. The van der Waals surface area contributed by atoms with Crippen LogP contribution in [0.3, 0.4) is 0 Å². The van der Waals surface area contributed by atoms with Gasteiger partial charge in [-0.3, -0.25) is 5.10 Å². The first-order chi connectivity index (χ1) is 8.17. The van der Waals surface area contributed by atoms with E-state index in [4.69, 9.17) is 5.73 Å². The number of aryl methyl sites for hydroxylation is 1. The van der Waals surface area contributed by atoms with Gasteiger partial charge in [0, 0.05) is 12.3 Å². The van der Waals surface area contributed by atoms with Gasteiger partial charge in [0.1, 0.15) is 11.6 Å². The van der Waals surface area contributed by atoms with E-state index in [1.807, 2.05) is 13.0 Å². The molecule has 6 heteroatoms. The van der Waals surface area contributed by atoms with E-state index in [0.717, 1.165) is 17.0 Å². The molecule has 0 unspecified atom stereocenters. The van der Waals surface area contributed by atoms with Crippen molar-refractivity contribution in [3.05, 3.63) is 41.0 Å². The van der Waals surface area contributed by atoms with E-state index in [0.29, 0.717) is 17.5 Å². The topological polar surface area (TPSA) is 67.6 Å². The van der Waals surface area contributed by atoms with Gasteiger partial charge in [0.15, 0.2) is 0 Å². The molecule has 2 aromatic rings. The number of halogens is 1. The third kappa shape index (κ3) is 3.28. The number of rotatable bonds is 4. The van der Waals surface area contributed by atoms with Crippen LogP contribution < -0.4 is 5.73 Å². The molecule has 0 radical (unpaired) electrons. The number of hydrogen-bond acceptors (Lipinski definition) is 4. The molecule has 1 aromatic carbocycles. The van der Waals surface area contributed by atoms with Gasteiger partial charge >= 0.3 is 0 Å². The molecule has 0 spiro atoms. The smallest absolute Gasteiger partial charge is 0.208 e. The summed E-state index contributed by atoms with van der Waals surface area (Å²) in [7, 11) is 0. The first kappa shape index (κ1) is 12.1. The lowest BCUT2D eigenvalue weighted by Gasteiger charge is -2.03. The highest BCUT2D eigenvalue weighted by molar-refractivity contribution is 7.98. The fourth-order valence-electron chi connectivity index (χ4n) is 1.45. The van der Waals surface area contributed by atoms with Crippen LogP contribution in [0.2, 0.25) is 0 Å². The number of aromatic nitrogens is 3. The standard InChI is InChI=1S/C11H13FN4S/c1-7-14-11(16-15-7)17-6-9-2-8(5-13)3-10(12)4-9/h2-4H,5-6,13H2,1H3,(H,14,15,16). The molecular weight excluding hydrogens is 239 g/mol. The molecule has 0 aliphatic heterocycles. The van der Waals surface area contributed by atoms with Crippen molar-refractivity contribution in [3.8, 4) is 0 Å². The van der Waals surface area contributed by atoms with Crippen molar-refractivity contribution in [3.63, 3.8) is 0 Å². The van der Waals surface area contributed by atoms with Crippen LogP contribution in [0.1, 0.15) is 17.0 Å². The molecule has 2 rings (SSSR count). The summed E-state index contributed by atoms with van der Waals surface area (Å²) in [6.45, 7) is 2.18. The number of H-pyrrole nitrogens is 1. The fraction of sp³-hybridized carbons (Fsp3) is 0.273. The Balaban J connectivity index is 2.05. The van der Waals surface area contributed by atoms with Crippen molar-refractivity contribution in [1.29, 1.82) is 0 Å². The summed E-state index contributed by atoms with van der Waals surface area (Å²) in [5, 5.41) is 7.43. The normalized spacial score (nSPS) is 10.8. The lowest BCUT2D eigenvalue weighted by atomic mass is 10.1. The van der Waals surface area contributed by atoms with Crippen LogP contribution >= 0.6 is 11.8 Å². The molecule has 3 N–H and O–H groups in total. The van der Waals surface area contributed by atoms with Crippen molar-refractivity contribution >= 4 is 11.8 Å². The number of hydrogen-bond donors (Lipinski definition) is 2. The van der Waals surface area contributed by atoms with Crippen LogP contribution in [0, 0.1) is 12.7 Å². The molecule has 0 bridgehead atoms. The molecule has 0 fully saturated rings. The van der Waals surface area contributed by atoms with E-state index in [1.165, 1.54) is 23.9 Å². The number of benzene rings is 1. The number of nitrogens with zero attached hydrogens (tertiary/aromatic N) is 2. The highest BCUT2D eigenvalue weighted by Gasteiger charge is 2.04. The summed E-state index contributed by atoms with van der Waals surface area (Å²) in [4.78, 5) is 4.17. The minimum absolute atomic E-state index is 0.255. The summed E-state index contributed by atoms with van der Waals surface area (Å²) in [6.07, 6.45) is 0. The fourth-order valence-corrected chi connectivity index (χ4v) is 2.23. The largest absolute Gasteiger partial charge is 0.326 e. The van der Waals surface area contributed by atoms with Gasteiger partial charge in [0.2, 0.25) is 5.16 Å². The van der Waals surface area contributed by atoms with Crippen LogP contribution in [-0.2, 0) is 12.3 Å². The molecular formula is C11H13FN4S. The first-order valence-electron chi connectivity index (χ1n) is 5.17. The Morgan fingerprint density at radius 2 is 2.12 bits per heavy atom. The van der Waals surface area contributed by atoms with Crippen molar-refractivity contribution in [1.82, 2.24) is 15.2 Å². The zero-order chi connectivity index (χ0) is 12.3. The van der Waals surface area contributed by atoms with Crippen LogP contribution in [0.5, 0.6) is 0 Å². The number of thioether (sulfide) groups is 1. The molecule has 0 aliphatic rings. The minimum Gasteiger partial charge on any atom is -0.326 e. The second-order valence-corrected chi connectivity index (χ2v) is 4.61. The summed E-state index contributed by atoms with van der Waals surface area (Å²) in [5.74, 6) is 1.14. The van der Waals surface area contributed by atoms with Gasteiger partial charge < -0.3 is 5.73 Å². The number of nitrogens with one attached hydrogen (secondary N) is 1. The molecule has 0 saturated heterocycles. The molecule has 1 aromatic heterocycles. The Morgan fingerprint density at radius 1 is 1.35 bits per heavy atom. The van der Waals surface area contributed by atoms with Crippen molar-refractivity contribution in [2.24, 2.45) is 5.73 Å². The van der Waals surface area contributed by atoms with Crippen molar-refractivity contribution in [2.45, 2.75) is 24.4 Å². The van der Waals surface area contributed by atoms with Crippen molar-refractivity contribution in [2.75, 3.05) is 0 Å². The molecule has 0 saturated carbocycles. The monoisotopic (exact) mass is 252 g/mol. The van der Waals surface area contributed by atoms with Crippen LogP contribution in [0.4, 0.5) is 4.39 Å². The van der Waals surface area contributed by atoms with Gasteiger partial charge in [0.25, 0.3) is 0 Å². The highest BCUT2D eigenvalue weighted by Crippen LogP contribution is 2.20. The maximum atomic E-state index is 13.2. The predicted octanol–water partition coefficient (Wildman–Crippen LogP) is 2.00. The minimum atomic E-state index is -0.255. The third-order valence-electron chi connectivity index (χ3n) is 2.20. The zero-order valence-corrected chi connectivity index (χ0v) is 10.2. The second kappa shape index (κ2) is 5.29. The zero-order valence-electron chi connectivity index (χ0n) is 9.40. The average molecular weight is 252 g/mol. The van der Waals surface area contributed by atoms with Crippen LogP contribution in [0.25, 0.3) is 0 Å². The van der Waals surface area contributed by atoms with Crippen LogP contribution in [0.15, 0.2) is 23.4 Å². The van der Waals surface area contributed by atoms with Crippen LogP contribution in [-0.4, -0.2) is 15.2 Å². The average Bonchev–Trinajstić information content (AvgIpc) is 2.72. The van der Waals surface area contributed by atoms with Gasteiger partial charge in [0.05, 0.1) is 0 Å². The molecule has 90 valence electrons. The Labute approximate surface area is 103 Å². The van der Waals surface area contributed by atoms with E-state index in [-0.39, 0.29) is 5.82 Å². The third-order valence-corrected chi connectivity index (χ3v) is 3.12. The summed E-state index contributed by atoms with van der Waals surface area (Å²) >= 11 is 1.46. The van der Waals surface area contributed by atoms with Crippen molar-refractivity contribution < 1.29 is 4.39 Å². The maximum absolute atomic E-state index is 13.2. The summed E-state index contributed by atoms with van der Waals surface area (Å²) in [6, 6.07) is 4.85. The Kier molecular flexibility index (Phi) is 3.75. The molecule has 17 heavy (non-hydrogen) atoms. The van der Waals surface area contributed by atoms with Gasteiger partial charge in [-0.25, -0.2) is 9.37 Å². The molecule has 1 heterocycles. The van der Waals surface area contributed by atoms with Gasteiger partial charge in [-0.2, -0.15) is 0 Å².